The third kappa shape index (κ3) is 4.33. The van der Waals surface area contributed by atoms with Crippen LogP contribution in [-0.4, -0.2) is 71.5 Å². The summed E-state index contributed by atoms with van der Waals surface area (Å²) in [6.07, 6.45) is 0.550. The highest BCUT2D eigenvalue weighted by Crippen LogP contribution is 2.38. The van der Waals surface area contributed by atoms with Crippen molar-refractivity contribution in [2.24, 2.45) is 0 Å². The minimum Gasteiger partial charge on any atom is -0.340 e. The topological polar surface area (TPSA) is 43.9 Å². The van der Waals surface area contributed by atoms with E-state index in [2.05, 4.69) is 4.90 Å². The predicted octanol–water partition coefficient (Wildman–Crippen LogP) is 1.95. The number of rotatable bonds is 5. The Hall–Kier alpha value is -1.60. The molecule has 3 rings (SSSR count). The van der Waals surface area contributed by atoms with E-state index in [1.807, 2.05) is 22.8 Å². The molecule has 1 aromatic carbocycles. The molecular formula is C18H24FN3O2S. The van der Waals surface area contributed by atoms with Gasteiger partial charge in [-0.05, 0) is 17.7 Å². The molecule has 2 heterocycles. The zero-order valence-electron chi connectivity index (χ0n) is 14.5. The van der Waals surface area contributed by atoms with E-state index in [9.17, 15) is 14.0 Å². The molecule has 0 aliphatic carbocycles. The van der Waals surface area contributed by atoms with Gasteiger partial charge in [0.05, 0.1) is 5.75 Å². The van der Waals surface area contributed by atoms with Crippen LogP contribution in [0.4, 0.5) is 4.39 Å². The molecule has 0 bridgehead atoms. The summed E-state index contributed by atoms with van der Waals surface area (Å²) in [7, 11) is 0. The molecule has 0 aromatic heterocycles. The second-order valence-corrected chi connectivity index (χ2v) is 7.45. The summed E-state index contributed by atoms with van der Waals surface area (Å²) in [4.78, 5) is 30.0. The van der Waals surface area contributed by atoms with Gasteiger partial charge in [-0.3, -0.25) is 14.5 Å². The van der Waals surface area contributed by atoms with Crippen molar-refractivity contribution in [2.75, 3.05) is 45.0 Å². The lowest BCUT2D eigenvalue weighted by Crippen LogP contribution is -2.50. The first-order chi connectivity index (χ1) is 12.1. The maximum absolute atomic E-state index is 13.5. The number of benzene rings is 1. The normalized spacial score (nSPS) is 21.8. The molecule has 5 nitrogen and oxygen atoms in total. The van der Waals surface area contributed by atoms with E-state index in [1.54, 1.807) is 17.8 Å². The highest BCUT2D eigenvalue weighted by Gasteiger charge is 2.33. The monoisotopic (exact) mass is 365 g/mol. The van der Waals surface area contributed by atoms with Crippen LogP contribution in [0.1, 0.15) is 24.3 Å². The summed E-state index contributed by atoms with van der Waals surface area (Å²) in [6, 6.07) is 6.50. The van der Waals surface area contributed by atoms with Gasteiger partial charge in [0.1, 0.15) is 11.2 Å². The summed E-state index contributed by atoms with van der Waals surface area (Å²) in [5.74, 6) is 0.491. The van der Waals surface area contributed by atoms with E-state index in [-0.39, 0.29) is 23.0 Å². The molecule has 2 amide bonds. The van der Waals surface area contributed by atoms with Gasteiger partial charge in [0, 0.05) is 45.7 Å². The maximum atomic E-state index is 13.5. The minimum atomic E-state index is -0.269. The van der Waals surface area contributed by atoms with Crippen LogP contribution in [0.2, 0.25) is 0 Å². The molecule has 2 saturated heterocycles. The fourth-order valence-corrected chi connectivity index (χ4v) is 4.53. The third-order valence-electron chi connectivity index (χ3n) is 4.79. The average molecular weight is 365 g/mol. The Bertz CT molecular complexity index is 635. The number of hydrogen-bond donors (Lipinski definition) is 0. The van der Waals surface area contributed by atoms with Crippen molar-refractivity contribution in [1.29, 1.82) is 0 Å². The van der Waals surface area contributed by atoms with Gasteiger partial charge < -0.3 is 9.80 Å². The number of carbonyl (C=O) groups excluding carboxylic acids is 2. The molecule has 0 saturated carbocycles. The first-order valence-electron chi connectivity index (χ1n) is 8.75. The second-order valence-electron chi connectivity index (χ2n) is 6.38. The lowest BCUT2D eigenvalue weighted by Gasteiger charge is -2.36. The molecule has 0 N–H and O–H groups in total. The van der Waals surface area contributed by atoms with Crippen LogP contribution in [0.25, 0.3) is 0 Å². The van der Waals surface area contributed by atoms with Crippen LogP contribution in [0.3, 0.4) is 0 Å². The number of piperazine rings is 1. The van der Waals surface area contributed by atoms with E-state index in [4.69, 9.17) is 0 Å². The number of nitrogens with zero attached hydrogens (tertiary/aromatic N) is 3. The number of hydrogen-bond acceptors (Lipinski definition) is 4. The third-order valence-corrected chi connectivity index (χ3v) is 6.04. The summed E-state index contributed by atoms with van der Waals surface area (Å²) in [5, 5.41) is -0.105. The largest absolute Gasteiger partial charge is 0.340 e. The molecule has 0 spiro atoms. The van der Waals surface area contributed by atoms with Crippen LogP contribution >= 0.6 is 11.8 Å². The maximum Gasteiger partial charge on any atom is 0.233 e. The van der Waals surface area contributed by atoms with Crippen molar-refractivity contribution in [1.82, 2.24) is 14.7 Å². The van der Waals surface area contributed by atoms with Crippen LogP contribution in [0.5, 0.6) is 0 Å². The van der Waals surface area contributed by atoms with Crippen LogP contribution < -0.4 is 0 Å². The Morgan fingerprint density at radius 2 is 2.00 bits per heavy atom. The first-order valence-corrected chi connectivity index (χ1v) is 9.80. The van der Waals surface area contributed by atoms with Gasteiger partial charge >= 0.3 is 0 Å². The summed E-state index contributed by atoms with van der Waals surface area (Å²) in [6.45, 7) is 6.49. The van der Waals surface area contributed by atoms with Crippen molar-refractivity contribution in [2.45, 2.75) is 18.7 Å². The first kappa shape index (κ1) is 18.2. The van der Waals surface area contributed by atoms with Crippen molar-refractivity contribution in [3.63, 3.8) is 0 Å². The second kappa shape index (κ2) is 8.19. The average Bonchev–Trinajstić information content (AvgIpc) is 3.00. The summed E-state index contributed by atoms with van der Waals surface area (Å²) < 4.78 is 13.5. The molecule has 136 valence electrons. The molecule has 0 unspecified atom stereocenters. The smallest absolute Gasteiger partial charge is 0.233 e. The molecule has 2 aliphatic heterocycles. The number of thioether (sulfide) groups is 1. The standard InChI is InChI=1S/C18H24FN3O2S/c1-2-16(23)21-9-6-20(7-10-21)8-11-22-17(24)13-25-18(22)14-4-3-5-15(19)12-14/h3-5,12,18H,2,6-11,13H2,1H3/t18-/m0/s1. The van der Waals surface area contributed by atoms with E-state index >= 15 is 0 Å². The zero-order valence-corrected chi connectivity index (χ0v) is 15.3. The van der Waals surface area contributed by atoms with Crippen molar-refractivity contribution in [3.8, 4) is 0 Å². The van der Waals surface area contributed by atoms with Crippen LogP contribution in [0.15, 0.2) is 24.3 Å². The molecule has 0 radical (unpaired) electrons. The molecular weight excluding hydrogens is 341 g/mol. The Morgan fingerprint density at radius 1 is 1.24 bits per heavy atom. The molecule has 1 atom stereocenters. The van der Waals surface area contributed by atoms with Crippen molar-refractivity contribution < 1.29 is 14.0 Å². The Labute approximate surface area is 152 Å². The van der Waals surface area contributed by atoms with E-state index in [0.717, 1.165) is 38.3 Å². The molecule has 7 heteroatoms. The molecule has 2 aliphatic rings. The molecule has 25 heavy (non-hydrogen) atoms. The zero-order chi connectivity index (χ0) is 17.8. The van der Waals surface area contributed by atoms with Crippen LogP contribution in [-0.2, 0) is 9.59 Å². The summed E-state index contributed by atoms with van der Waals surface area (Å²) >= 11 is 1.55. The lowest BCUT2D eigenvalue weighted by atomic mass is 10.2. The SMILES string of the molecule is CCC(=O)N1CCN(CCN2C(=O)CS[C@H]2c2cccc(F)c2)CC1. The van der Waals surface area contributed by atoms with Gasteiger partial charge in [0.15, 0.2) is 0 Å². The van der Waals surface area contributed by atoms with Crippen molar-refractivity contribution in [3.05, 3.63) is 35.6 Å². The highest BCUT2D eigenvalue weighted by atomic mass is 32.2. The van der Waals surface area contributed by atoms with Gasteiger partial charge in [0.2, 0.25) is 11.8 Å². The van der Waals surface area contributed by atoms with Gasteiger partial charge in [0.25, 0.3) is 0 Å². The Balaban J connectivity index is 1.55. The molecule has 1 aromatic rings. The van der Waals surface area contributed by atoms with Gasteiger partial charge in [-0.1, -0.05) is 19.1 Å². The van der Waals surface area contributed by atoms with Gasteiger partial charge in [-0.15, -0.1) is 11.8 Å². The van der Waals surface area contributed by atoms with E-state index < -0.39 is 0 Å². The Morgan fingerprint density at radius 3 is 2.68 bits per heavy atom. The van der Waals surface area contributed by atoms with Crippen LogP contribution in [0, 0.1) is 5.82 Å². The van der Waals surface area contributed by atoms with Gasteiger partial charge in [-0.2, -0.15) is 0 Å². The fraction of sp³-hybridized carbons (Fsp3) is 0.556. The van der Waals surface area contributed by atoms with Crippen molar-refractivity contribution >= 4 is 23.6 Å². The van der Waals surface area contributed by atoms with E-state index in [0.29, 0.717) is 18.7 Å². The number of halogens is 1. The Kier molecular flexibility index (Phi) is 5.96. The van der Waals surface area contributed by atoms with Gasteiger partial charge in [-0.25, -0.2) is 4.39 Å². The highest BCUT2D eigenvalue weighted by molar-refractivity contribution is 8.00. The lowest BCUT2D eigenvalue weighted by molar-refractivity contribution is -0.132. The quantitative estimate of drug-likeness (QED) is 0.800. The van der Waals surface area contributed by atoms with E-state index in [1.165, 1.54) is 12.1 Å². The summed E-state index contributed by atoms with van der Waals surface area (Å²) in [5.41, 5.74) is 0.842. The molecule has 2 fully saturated rings. The predicted molar refractivity (Wildman–Crippen MR) is 96.6 cm³/mol. The number of carbonyl (C=O) groups is 2. The fourth-order valence-electron chi connectivity index (χ4n) is 3.33. The number of amides is 2. The minimum absolute atomic E-state index is 0.105.